The minimum absolute atomic E-state index is 0.0272. The average molecular weight is 218 g/mol. The fraction of sp³-hybridized carbons (Fsp3) is 0.625. The molecule has 0 spiro atoms. The summed E-state index contributed by atoms with van der Waals surface area (Å²) in [7, 11) is -2.20. The second-order valence-electron chi connectivity index (χ2n) is 4.13. The molecule has 0 bridgehead atoms. The fourth-order valence-electron chi connectivity index (χ4n) is 0.687. The van der Waals surface area contributed by atoms with Gasteiger partial charge < -0.3 is 0 Å². The molecule has 0 saturated heterocycles. The Bertz CT molecular complexity index is 398. The summed E-state index contributed by atoms with van der Waals surface area (Å²) in [6.45, 7) is 6.16. The summed E-state index contributed by atoms with van der Waals surface area (Å²) in [5.74, 6) is 3.57. The van der Waals surface area contributed by atoms with Crippen molar-refractivity contribution < 1.29 is 4.21 Å². The molecule has 3 nitrogen and oxygen atoms in total. The van der Waals surface area contributed by atoms with Crippen molar-refractivity contribution in [3.05, 3.63) is 5.01 Å². The van der Waals surface area contributed by atoms with Crippen LogP contribution in [0.2, 0.25) is 0 Å². The summed E-state index contributed by atoms with van der Waals surface area (Å²) >= 11 is 1.39. The molecule has 1 heterocycles. The van der Waals surface area contributed by atoms with Crippen LogP contribution in [0.1, 0.15) is 25.8 Å². The Balaban J connectivity index is 3.16. The SMILES string of the molecule is C=S(C)(=O)c1nnc(C(C)(C)C)s1. The van der Waals surface area contributed by atoms with Crippen molar-refractivity contribution in [1.82, 2.24) is 10.2 Å². The summed E-state index contributed by atoms with van der Waals surface area (Å²) in [6, 6.07) is 0. The summed E-state index contributed by atoms with van der Waals surface area (Å²) in [5.41, 5.74) is -0.0272. The van der Waals surface area contributed by atoms with Gasteiger partial charge >= 0.3 is 0 Å². The van der Waals surface area contributed by atoms with Crippen LogP contribution in [0, 0.1) is 0 Å². The lowest BCUT2D eigenvalue weighted by molar-refractivity contribution is 0.577. The highest BCUT2D eigenvalue weighted by atomic mass is 32.2. The predicted octanol–water partition coefficient (Wildman–Crippen LogP) is 1.54. The van der Waals surface area contributed by atoms with Gasteiger partial charge in [0.05, 0.1) is 0 Å². The lowest BCUT2D eigenvalue weighted by Crippen LogP contribution is -2.10. The van der Waals surface area contributed by atoms with E-state index in [-0.39, 0.29) is 5.41 Å². The Labute approximate surface area is 83.2 Å². The molecule has 0 N–H and O–H groups in total. The van der Waals surface area contributed by atoms with E-state index in [9.17, 15) is 4.21 Å². The highest BCUT2D eigenvalue weighted by Crippen LogP contribution is 2.27. The molecule has 1 rings (SSSR count). The molecule has 74 valence electrons. The van der Waals surface area contributed by atoms with Crippen molar-refractivity contribution in [2.24, 2.45) is 0 Å². The van der Waals surface area contributed by atoms with Gasteiger partial charge in [-0.2, -0.15) is 0 Å². The zero-order valence-electron chi connectivity index (χ0n) is 8.33. The van der Waals surface area contributed by atoms with Crippen molar-refractivity contribution >= 4 is 26.7 Å². The van der Waals surface area contributed by atoms with Gasteiger partial charge in [0.1, 0.15) is 5.01 Å². The Morgan fingerprint density at radius 2 is 1.92 bits per heavy atom. The summed E-state index contributed by atoms with van der Waals surface area (Å²) < 4.78 is 12.1. The van der Waals surface area contributed by atoms with Crippen LogP contribution in [0.25, 0.3) is 0 Å². The first-order valence-corrected chi connectivity index (χ1v) is 6.83. The number of hydrogen-bond acceptors (Lipinski definition) is 4. The van der Waals surface area contributed by atoms with Crippen molar-refractivity contribution in [3.63, 3.8) is 0 Å². The van der Waals surface area contributed by atoms with E-state index in [1.807, 2.05) is 0 Å². The second-order valence-corrected chi connectivity index (χ2v) is 7.76. The van der Waals surface area contributed by atoms with E-state index < -0.39 is 9.52 Å². The minimum atomic E-state index is -2.20. The molecule has 0 aliphatic heterocycles. The topological polar surface area (TPSA) is 42.9 Å². The van der Waals surface area contributed by atoms with Crippen LogP contribution in [0.5, 0.6) is 0 Å². The van der Waals surface area contributed by atoms with Crippen molar-refractivity contribution in [2.75, 3.05) is 6.26 Å². The van der Waals surface area contributed by atoms with E-state index in [0.29, 0.717) is 4.34 Å². The third-order valence-electron chi connectivity index (χ3n) is 1.42. The third-order valence-corrected chi connectivity index (χ3v) is 4.69. The molecular weight excluding hydrogens is 204 g/mol. The van der Waals surface area contributed by atoms with E-state index in [0.717, 1.165) is 5.01 Å². The molecule has 5 heteroatoms. The van der Waals surface area contributed by atoms with Crippen LogP contribution in [0.4, 0.5) is 0 Å². The average Bonchev–Trinajstić information content (AvgIpc) is 2.28. The molecule has 0 fully saturated rings. The molecule has 1 aromatic rings. The first-order valence-electron chi connectivity index (χ1n) is 3.87. The Morgan fingerprint density at radius 1 is 1.38 bits per heavy atom. The summed E-state index contributed by atoms with van der Waals surface area (Å²) in [4.78, 5) is 0. The van der Waals surface area contributed by atoms with Crippen molar-refractivity contribution in [2.45, 2.75) is 30.5 Å². The molecule has 0 aliphatic carbocycles. The standard InChI is InChI=1S/C8H14N2OS2/c1-8(2,3)6-9-10-7(12-6)13(4,5)11/h4H2,1-3,5H3. The van der Waals surface area contributed by atoms with Gasteiger partial charge in [0.15, 0.2) is 4.34 Å². The van der Waals surface area contributed by atoms with E-state index in [2.05, 4.69) is 36.8 Å². The second kappa shape index (κ2) is 3.06. The zero-order chi connectivity index (χ0) is 10.3. The molecule has 0 saturated carbocycles. The molecule has 0 amide bonds. The number of rotatable bonds is 1. The van der Waals surface area contributed by atoms with E-state index in [4.69, 9.17) is 0 Å². The van der Waals surface area contributed by atoms with Crippen LogP contribution < -0.4 is 0 Å². The largest absolute Gasteiger partial charge is 0.261 e. The van der Waals surface area contributed by atoms with Crippen LogP contribution in [0.3, 0.4) is 0 Å². The minimum Gasteiger partial charge on any atom is -0.261 e. The molecule has 1 atom stereocenters. The molecule has 13 heavy (non-hydrogen) atoms. The number of aromatic nitrogens is 2. The van der Waals surface area contributed by atoms with E-state index in [1.54, 1.807) is 6.26 Å². The molecule has 0 radical (unpaired) electrons. The maximum absolute atomic E-state index is 11.5. The molecule has 0 aliphatic rings. The van der Waals surface area contributed by atoms with Gasteiger partial charge in [-0.05, 0) is 5.87 Å². The number of nitrogens with zero attached hydrogens (tertiary/aromatic N) is 2. The molecular formula is C8H14N2OS2. The molecule has 1 unspecified atom stereocenters. The van der Waals surface area contributed by atoms with Gasteiger partial charge in [0, 0.05) is 21.2 Å². The smallest absolute Gasteiger partial charge is 0.196 e. The van der Waals surface area contributed by atoms with Gasteiger partial charge in [-0.3, -0.25) is 4.21 Å². The lowest BCUT2D eigenvalue weighted by atomic mass is 9.98. The van der Waals surface area contributed by atoms with Crippen LogP contribution >= 0.6 is 11.3 Å². The quantitative estimate of drug-likeness (QED) is 0.672. The molecule has 1 aromatic heterocycles. The predicted molar refractivity (Wildman–Crippen MR) is 58.1 cm³/mol. The van der Waals surface area contributed by atoms with Crippen LogP contribution in [0.15, 0.2) is 4.34 Å². The van der Waals surface area contributed by atoms with Crippen LogP contribution in [-0.4, -0.2) is 26.5 Å². The van der Waals surface area contributed by atoms with Gasteiger partial charge in [-0.25, -0.2) is 0 Å². The first kappa shape index (κ1) is 10.7. The Kier molecular flexibility index (Phi) is 2.51. The highest BCUT2D eigenvalue weighted by Gasteiger charge is 2.20. The van der Waals surface area contributed by atoms with E-state index in [1.165, 1.54) is 11.3 Å². The maximum Gasteiger partial charge on any atom is 0.196 e. The van der Waals surface area contributed by atoms with E-state index >= 15 is 0 Å². The third kappa shape index (κ3) is 2.51. The fourth-order valence-corrected chi connectivity index (χ4v) is 2.48. The van der Waals surface area contributed by atoms with Gasteiger partial charge in [-0.15, -0.1) is 10.2 Å². The first-order chi connectivity index (χ1) is 5.71. The normalized spacial score (nSPS) is 16.9. The Hall–Kier alpha value is -0.420. The maximum atomic E-state index is 11.5. The van der Waals surface area contributed by atoms with Gasteiger partial charge in [0.25, 0.3) is 0 Å². The lowest BCUT2D eigenvalue weighted by Gasteiger charge is -2.12. The Morgan fingerprint density at radius 3 is 2.15 bits per heavy atom. The van der Waals surface area contributed by atoms with Gasteiger partial charge in [0.2, 0.25) is 0 Å². The van der Waals surface area contributed by atoms with Crippen LogP contribution in [-0.2, 0) is 14.9 Å². The summed E-state index contributed by atoms with van der Waals surface area (Å²) in [6.07, 6.45) is 1.58. The van der Waals surface area contributed by atoms with Crippen molar-refractivity contribution in [3.8, 4) is 0 Å². The van der Waals surface area contributed by atoms with Crippen molar-refractivity contribution in [1.29, 1.82) is 0 Å². The molecule has 0 aromatic carbocycles. The highest BCUT2D eigenvalue weighted by molar-refractivity contribution is 8.01. The monoisotopic (exact) mass is 218 g/mol. The van der Waals surface area contributed by atoms with Gasteiger partial charge in [-0.1, -0.05) is 32.1 Å². The summed E-state index contributed by atoms with van der Waals surface area (Å²) in [5, 5.41) is 8.79. The number of hydrogen-bond donors (Lipinski definition) is 0. The zero-order valence-corrected chi connectivity index (χ0v) is 9.96.